The van der Waals surface area contributed by atoms with Gasteiger partial charge in [0.25, 0.3) is 0 Å². The number of hydrogen-bond acceptors (Lipinski definition) is 8. The fourth-order valence-electron chi connectivity index (χ4n) is 0.359. The van der Waals surface area contributed by atoms with Crippen LogP contribution in [0.1, 0.15) is 0 Å². The minimum absolute atomic E-state index is 0. The maximum absolute atomic E-state index is 8.71. The molecule has 0 aromatic carbocycles. The Labute approximate surface area is 102 Å². The zero-order valence-electron chi connectivity index (χ0n) is 10.7. The fourth-order valence-corrected chi connectivity index (χ4v) is 0.359. The van der Waals surface area contributed by atoms with Crippen LogP contribution >= 0.6 is 0 Å². The quantitative estimate of drug-likeness (QED) is 0.200. The highest BCUT2D eigenvalue weighted by Crippen LogP contribution is 1.88. The zero-order chi connectivity index (χ0) is 13.0. The van der Waals surface area contributed by atoms with Crippen molar-refractivity contribution in [2.75, 3.05) is 47.6 Å². The summed E-state index contributed by atoms with van der Waals surface area (Å²) in [6, 6.07) is 0. The van der Waals surface area contributed by atoms with Crippen molar-refractivity contribution >= 4 is 0 Å². The summed E-state index contributed by atoms with van der Waals surface area (Å²) in [4.78, 5) is 10.8. The summed E-state index contributed by atoms with van der Waals surface area (Å²) in [6.07, 6.45) is -1.98. The smallest absolute Gasteiger partial charge is 0.110 e. The molecule has 0 aliphatic carbocycles. The lowest BCUT2D eigenvalue weighted by atomic mass is 10.4. The summed E-state index contributed by atoms with van der Waals surface area (Å²) in [5, 5.41) is 34.1. The van der Waals surface area contributed by atoms with E-state index in [1.165, 1.54) is 0 Å². The molecule has 0 radical (unpaired) electrons. The third-order valence-corrected chi connectivity index (χ3v) is 1.03. The second-order valence-corrected chi connectivity index (χ2v) is 3.58. The zero-order valence-corrected chi connectivity index (χ0v) is 10.7. The molecule has 0 aliphatic heterocycles. The molecule has 0 heterocycles. The topological polar surface area (TPSA) is 138 Å². The first-order valence-electron chi connectivity index (χ1n) is 4.87. The van der Waals surface area contributed by atoms with Gasteiger partial charge in [-0.1, -0.05) is 0 Å². The average molecular weight is 258 g/mol. The van der Waals surface area contributed by atoms with Crippen molar-refractivity contribution in [3.05, 3.63) is 0 Å². The van der Waals surface area contributed by atoms with Gasteiger partial charge in [0.05, 0.1) is 13.2 Å². The molecule has 0 saturated heterocycles. The Balaban J connectivity index is -0.000000340. The minimum Gasteiger partial charge on any atom is -0.394 e. The molecule has 2 unspecified atom stereocenters. The summed E-state index contributed by atoms with van der Waals surface area (Å²) >= 11 is 0. The maximum Gasteiger partial charge on any atom is 0.110 e. The van der Waals surface area contributed by atoms with Crippen LogP contribution in [0.4, 0.5) is 0 Å². The molecule has 0 aromatic heterocycles. The van der Waals surface area contributed by atoms with Crippen molar-refractivity contribution in [1.29, 1.82) is 0 Å². The molecule has 0 aromatic rings. The monoisotopic (exact) mass is 258 g/mol. The summed E-state index contributed by atoms with van der Waals surface area (Å²) in [5.74, 6) is 0. The molecule has 8 nitrogen and oxygen atoms in total. The lowest BCUT2D eigenvalue weighted by Crippen LogP contribution is -2.23. The normalized spacial score (nSPS) is 13.4. The highest BCUT2D eigenvalue weighted by atomic mass is 17.2. The van der Waals surface area contributed by atoms with E-state index in [2.05, 4.69) is 9.78 Å². The molecule has 108 valence electrons. The molecule has 2 atom stereocenters. The van der Waals surface area contributed by atoms with E-state index in [1.54, 1.807) is 0 Å². The van der Waals surface area contributed by atoms with Gasteiger partial charge in [-0.25, -0.2) is 9.78 Å². The second kappa shape index (κ2) is 15.7. The van der Waals surface area contributed by atoms with Crippen molar-refractivity contribution < 1.29 is 30.2 Å². The SMILES string of the molecule is CN(C)C.N.OCC(O)COOCC(O)CO. The first-order chi connectivity index (χ1) is 7.43. The number of aliphatic hydroxyl groups excluding tert-OH is 4. The van der Waals surface area contributed by atoms with Gasteiger partial charge in [-0.2, -0.15) is 0 Å². The molecule has 0 fully saturated rings. The highest BCUT2D eigenvalue weighted by molar-refractivity contribution is 4.48. The van der Waals surface area contributed by atoms with Gasteiger partial charge in [-0.15, -0.1) is 0 Å². The lowest BCUT2D eigenvalue weighted by Gasteiger charge is -2.09. The maximum atomic E-state index is 8.71. The summed E-state index contributed by atoms with van der Waals surface area (Å²) in [7, 11) is 6.00. The second-order valence-electron chi connectivity index (χ2n) is 3.58. The van der Waals surface area contributed by atoms with Gasteiger partial charge >= 0.3 is 0 Å². The van der Waals surface area contributed by atoms with E-state index in [0.29, 0.717) is 0 Å². The average Bonchev–Trinajstić information content (AvgIpc) is 2.22. The van der Waals surface area contributed by atoms with Crippen LogP contribution in [0.3, 0.4) is 0 Å². The van der Waals surface area contributed by atoms with Gasteiger partial charge in [-0.3, -0.25) is 0 Å². The van der Waals surface area contributed by atoms with Crippen molar-refractivity contribution in [2.24, 2.45) is 0 Å². The molecular weight excluding hydrogens is 232 g/mol. The van der Waals surface area contributed by atoms with Crippen molar-refractivity contribution in [3.8, 4) is 0 Å². The predicted molar refractivity (Wildman–Crippen MR) is 62.7 cm³/mol. The van der Waals surface area contributed by atoms with Crippen LogP contribution in [0, 0.1) is 0 Å². The van der Waals surface area contributed by atoms with Gasteiger partial charge in [0.1, 0.15) is 25.4 Å². The van der Waals surface area contributed by atoms with Crippen LogP contribution in [-0.4, -0.2) is 85.1 Å². The van der Waals surface area contributed by atoms with Crippen LogP contribution in [0.25, 0.3) is 0 Å². The van der Waals surface area contributed by atoms with E-state index in [4.69, 9.17) is 20.4 Å². The van der Waals surface area contributed by atoms with Gasteiger partial charge in [0.2, 0.25) is 0 Å². The van der Waals surface area contributed by atoms with Gasteiger partial charge in [0, 0.05) is 0 Å². The van der Waals surface area contributed by atoms with Gasteiger partial charge in [-0.05, 0) is 21.1 Å². The van der Waals surface area contributed by atoms with E-state index in [9.17, 15) is 0 Å². The Morgan fingerprint density at radius 3 is 1.29 bits per heavy atom. The van der Waals surface area contributed by atoms with Crippen molar-refractivity contribution in [1.82, 2.24) is 11.1 Å². The number of nitrogens with zero attached hydrogens (tertiary/aromatic N) is 1. The van der Waals surface area contributed by atoms with E-state index in [0.717, 1.165) is 0 Å². The van der Waals surface area contributed by atoms with Crippen LogP contribution in [0.15, 0.2) is 0 Å². The molecule has 17 heavy (non-hydrogen) atoms. The number of hydrogen-bond donors (Lipinski definition) is 5. The largest absolute Gasteiger partial charge is 0.394 e. The highest BCUT2D eigenvalue weighted by Gasteiger charge is 2.04. The molecule has 7 N–H and O–H groups in total. The first kappa shape index (κ1) is 21.9. The predicted octanol–water partition coefficient (Wildman–Crippen LogP) is -2.02. The Hall–Kier alpha value is -0.320. The van der Waals surface area contributed by atoms with Crippen LogP contribution < -0.4 is 6.15 Å². The van der Waals surface area contributed by atoms with Crippen LogP contribution in [-0.2, 0) is 9.78 Å². The summed E-state index contributed by atoms with van der Waals surface area (Å²) in [5.41, 5.74) is 0. The first-order valence-corrected chi connectivity index (χ1v) is 4.87. The molecule has 8 heteroatoms. The summed E-state index contributed by atoms with van der Waals surface area (Å²) < 4.78 is 0. The third kappa shape index (κ3) is 25.7. The Morgan fingerprint density at radius 2 is 1.12 bits per heavy atom. The van der Waals surface area contributed by atoms with Gasteiger partial charge in [0.15, 0.2) is 0 Å². The fraction of sp³-hybridized carbons (Fsp3) is 1.00. The van der Waals surface area contributed by atoms with E-state index >= 15 is 0 Å². The Morgan fingerprint density at radius 1 is 0.882 bits per heavy atom. The third-order valence-electron chi connectivity index (χ3n) is 1.03. The molecule has 0 bridgehead atoms. The standard InChI is InChI=1S/C6H14O6.C3H9N.H3N/c7-1-5(9)3-11-12-4-6(10)2-8;1-4(2)3;/h5-10H,1-4H2;1-3H3;1H3. The molecular formula is C9H26N2O6. The molecule has 0 aliphatic rings. The Kier molecular flexibility index (Phi) is 20.2. The molecule has 0 saturated carbocycles. The van der Waals surface area contributed by atoms with E-state index in [1.807, 2.05) is 26.0 Å². The van der Waals surface area contributed by atoms with Crippen molar-refractivity contribution in [3.63, 3.8) is 0 Å². The minimum atomic E-state index is -0.990. The van der Waals surface area contributed by atoms with E-state index in [-0.39, 0.29) is 19.4 Å². The van der Waals surface area contributed by atoms with Crippen LogP contribution in [0.5, 0.6) is 0 Å². The molecule has 0 rings (SSSR count). The number of rotatable bonds is 7. The summed E-state index contributed by atoms with van der Waals surface area (Å²) in [6.45, 7) is -1.17. The molecule has 0 amide bonds. The Bertz CT molecular complexity index is 124. The van der Waals surface area contributed by atoms with Gasteiger partial charge < -0.3 is 31.5 Å². The molecule has 0 spiro atoms. The van der Waals surface area contributed by atoms with E-state index < -0.39 is 25.4 Å². The van der Waals surface area contributed by atoms with Crippen LogP contribution in [0.2, 0.25) is 0 Å². The van der Waals surface area contributed by atoms with Crippen molar-refractivity contribution in [2.45, 2.75) is 12.2 Å². The number of aliphatic hydroxyl groups is 4. The lowest BCUT2D eigenvalue weighted by molar-refractivity contribution is -0.316.